The van der Waals surface area contributed by atoms with E-state index >= 15 is 0 Å². The lowest BCUT2D eigenvalue weighted by Crippen LogP contribution is -2.19. The molecule has 0 saturated heterocycles. The third-order valence-electron chi connectivity index (χ3n) is 2.96. The number of carbonyl (C=O) groups is 1. The summed E-state index contributed by atoms with van der Waals surface area (Å²) in [6.45, 7) is 0. The highest BCUT2D eigenvalue weighted by atomic mass is 16.1. The van der Waals surface area contributed by atoms with Gasteiger partial charge in [-0.05, 0) is 12.1 Å². The summed E-state index contributed by atoms with van der Waals surface area (Å²) >= 11 is 0. The maximum atomic E-state index is 12.1. The number of para-hydroxylation sites is 2. The van der Waals surface area contributed by atoms with Gasteiger partial charge in [0.25, 0.3) is 11.5 Å². The van der Waals surface area contributed by atoms with Gasteiger partial charge in [0.1, 0.15) is 5.52 Å². The Bertz CT molecular complexity index is 844. The number of nitrogens with zero attached hydrogens (tertiary/aromatic N) is 3. The van der Waals surface area contributed by atoms with Crippen LogP contribution in [-0.2, 0) is 7.05 Å². The van der Waals surface area contributed by atoms with Crippen LogP contribution in [0.5, 0.6) is 0 Å². The fourth-order valence-electron chi connectivity index (χ4n) is 2.05. The number of hydrogen-bond donors (Lipinski definition) is 1. The molecule has 2 N–H and O–H groups in total. The Morgan fingerprint density at radius 2 is 1.89 bits per heavy atom. The van der Waals surface area contributed by atoms with Crippen molar-refractivity contribution < 1.29 is 4.79 Å². The molecule has 0 radical (unpaired) electrons. The molecule has 0 bridgehead atoms. The van der Waals surface area contributed by atoms with Crippen molar-refractivity contribution in [2.24, 2.45) is 12.8 Å². The molecule has 0 saturated carbocycles. The molecular formula is C12H10N4O2. The van der Waals surface area contributed by atoms with Crippen LogP contribution in [0, 0.1) is 0 Å². The minimum absolute atomic E-state index is 0.0865. The zero-order valence-corrected chi connectivity index (χ0v) is 9.62. The van der Waals surface area contributed by atoms with E-state index in [2.05, 4.69) is 5.10 Å². The van der Waals surface area contributed by atoms with Crippen LogP contribution in [0.2, 0.25) is 0 Å². The number of carbonyl (C=O) groups excluding carboxylic acids is 1. The van der Waals surface area contributed by atoms with E-state index in [1.54, 1.807) is 7.05 Å². The second kappa shape index (κ2) is 3.43. The van der Waals surface area contributed by atoms with Gasteiger partial charge in [-0.3, -0.25) is 9.59 Å². The summed E-state index contributed by atoms with van der Waals surface area (Å²) in [5.74, 6) is -0.648. The lowest BCUT2D eigenvalue weighted by atomic mass is 10.3. The lowest BCUT2D eigenvalue weighted by molar-refractivity contribution is 0.0995. The summed E-state index contributed by atoms with van der Waals surface area (Å²) in [4.78, 5) is 23.3. The first kappa shape index (κ1) is 10.5. The Labute approximate surface area is 101 Å². The summed E-state index contributed by atoms with van der Waals surface area (Å²) in [7, 11) is 1.68. The van der Waals surface area contributed by atoms with E-state index in [9.17, 15) is 9.59 Å². The van der Waals surface area contributed by atoms with Crippen molar-refractivity contribution in [1.29, 1.82) is 0 Å². The molecule has 2 heterocycles. The van der Waals surface area contributed by atoms with Crippen LogP contribution in [0.25, 0.3) is 16.6 Å². The van der Waals surface area contributed by atoms with Gasteiger partial charge in [-0.25, -0.2) is 4.52 Å². The number of aromatic nitrogens is 3. The van der Waals surface area contributed by atoms with Crippen LogP contribution < -0.4 is 11.3 Å². The Hall–Kier alpha value is -2.63. The van der Waals surface area contributed by atoms with Gasteiger partial charge in [0, 0.05) is 13.1 Å². The largest absolute Gasteiger partial charge is 0.364 e. The molecule has 2 aromatic heterocycles. The van der Waals surface area contributed by atoms with Gasteiger partial charge in [0.2, 0.25) is 0 Å². The molecule has 1 amide bonds. The second-order valence-electron chi connectivity index (χ2n) is 4.04. The summed E-state index contributed by atoms with van der Waals surface area (Å²) in [6.07, 6.45) is 0. The molecule has 0 unspecified atom stereocenters. The number of hydrogen-bond acceptors (Lipinski definition) is 3. The third-order valence-corrected chi connectivity index (χ3v) is 2.96. The standard InChI is InChI=1S/C12H10N4O2/c1-15-8-4-2-3-5-9(8)16-10(12(15)18)6-7(14-16)11(13)17/h2-6H,1H3,(H2,13,17). The maximum Gasteiger partial charge on any atom is 0.276 e. The molecule has 18 heavy (non-hydrogen) atoms. The van der Waals surface area contributed by atoms with E-state index in [0.29, 0.717) is 5.52 Å². The number of benzene rings is 1. The minimum Gasteiger partial charge on any atom is -0.364 e. The second-order valence-corrected chi connectivity index (χ2v) is 4.04. The van der Waals surface area contributed by atoms with Gasteiger partial charge in [-0.15, -0.1) is 0 Å². The van der Waals surface area contributed by atoms with Gasteiger partial charge in [0.15, 0.2) is 5.69 Å². The van der Waals surface area contributed by atoms with Crippen LogP contribution in [0.1, 0.15) is 10.5 Å². The average molecular weight is 242 g/mol. The Kier molecular flexibility index (Phi) is 2.00. The lowest BCUT2D eigenvalue weighted by Gasteiger charge is -2.06. The number of rotatable bonds is 1. The molecule has 0 fully saturated rings. The van der Waals surface area contributed by atoms with E-state index < -0.39 is 5.91 Å². The first-order valence-corrected chi connectivity index (χ1v) is 5.37. The number of primary amides is 1. The summed E-state index contributed by atoms with van der Waals surface area (Å²) in [6, 6.07) is 8.75. The maximum absolute atomic E-state index is 12.1. The van der Waals surface area contributed by atoms with E-state index in [1.165, 1.54) is 15.1 Å². The molecule has 0 aliphatic carbocycles. The highest BCUT2D eigenvalue weighted by molar-refractivity contribution is 5.92. The van der Waals surface area contributed by atoms with Crippen molar-refractivity contribution in [1.82, 2.24) is 14.2 Å². The fraction of sp³-hybridized carbons (Fsp3) is 0.0833. The fourth-order valence-corrected chi connectivity index (χ4v) is 2.05. The molecule has 0 aliphatic heterocycles. The normalized spacial score (nSPS) is 11.2. The summed E-state index contributed by atoms with van der Waals surface area (Å²) in [5, 5.41) is 4.07. The monoisotopic (exact) mass is 242 g/mol. The highest BCUT2D eigenvalue weighted by Gasteiger charge is 2.13. The van der Waals surface area contributed by atoms with Crippen molar-refractivity contribution in [3.63, 3.8) is 0 Å². The van der Waals surface area contributed by atoms with Crippen LogP contribution in [-0.4, -0.2) is 20.1 Å². The van der Waals surface area contributed by atoms with Gasteiger partial charge in [-0.2, -0.15) is 5.10 Å². The first-order chi connectivity index (χ1) is 8.59. The van der Waals surface area contributed by atoms with E-state index in [0.717, 1.165) is 11.0 Å². The molecular weight excluding hydrogens is 232 g/mol. The Morgan fingerprint density at radius 3 is 2.56 bits per heavy atom. The number of fused-ring (bicyclic) bond motifs is 3. The van der Waals surface area contributed by atoms with E-state index in [-0.39, 0.29) is 11.3 Å². The quantitative estimate of drug-likeness (QED) is 0.665. The molecule has 6 heteroatoms. The molecule has 3 rings (SSSR count). The van der Waals surface area contributed by atoms with Gasteiger partial charge in [-0.1, -0.05) is 12.1 Å². The van der Waals surface area contributed by atoms with Gasteiger partial charge in [0.05, 0.1) is 11.0 Å². The molecule has 0 aliphatic rings. The highest BCUT2D eigenvalue weighted by Crippen LogP contribution is 2.13. The molecule has 1 aromatic carbocycles. The third kappa shape index (κ3) is 1.26. The van der Waals surface area contributed by atoms with Crippen LogP contribution >= 0.6 is 0 Å². The van der Waals surface area contributed by atoms with Crippen molar-refractivity contribution in [3.8, 4) is 0 Å². The van der Waals surface area contributed by atoms with Crippen LogP contribution in [0.3, 0.4) is 0 Å². The van der Waals surface area contributed by atoms with Crippen LogP contribution in [0.4, 0.5) is 0 Å². The number of aryl methyl sites for hydroxylation is 1. The topological polar surface area (TPSA) is 82.4 Å². The van der Waals surface area contributed by atoms with Crippen molar-refractivity contribution in [2.75, 3.05) is 0 Å². The predicted octanol–water partition coefficient (Wildman–Crippen LogP) is 0.285. The summed E-state index contributed by atoms with van der Waals surface area (Å²) < 4.78 is 2.98. The van der Waals surface area contributed by atoms with Crippen molar-refractivity contribution in [2.45, 2.75) is 0 Å². The van der Waals surface area contributed by atoms with Crippen molar-refractivity contribution >= 4 is 22.5 Å². The van der Waals surface area contributed by atoms with Crippen LogP contribution in [0.15, 0.2) is 35.1 Å². The molecule has 0 spiro atoms. The first-order valence-electron chi connectivity index (χ1n) is 5.37. The van der Waals surface area contributed by atoms with Crippen molar-refractivity contribution in [3.05, 3.63) is 46.4 Å². The number of amides is 1. The molecule has 0 atom stereocenters. The molecule has 6 nitrogen and oxygen atoms in total. The zero-order valence-electron chi connectivity index (χ0n) is 9.62. The van der Waals surface area contributed by atoms with E-state index in [1.807, 2.05) is 24.3 Å². The zero-order chi connectivity index (χ0) is 12.9. The number of nitrogens with two attached hydrogens (primary N) is 1. The Morgan fingerprint density at radius 1 is 1.22 bits per heavy atom. The van der Waals surface area contributed by atoms with E-state index in [4.69, 9.17) is 5.73 Å². The van der Waals surface area contributed by atoms with Gasteiger partial charge < -0.3 is 10.3 Å². The van der Waals surface area contributed by atoms with Gasteiger partial charge >= 0.3 is 0 Å². The Balaban J connectivity index is 2.61. The molecule has 3 aromatic rings. The molecule has 90 valence electrons. The summed E-state index contributed by atoms with van der Waals surface area (Å²) in [5.41, 5.74) is 6.89. The SMILES string of the molecule is Cn1c(=O)c2cc(C(N)=O)nn2c2ccccc21. The average Bonchev–Trinajstić information content (AvgIpc) is 2.81. The minimum atomic E-state index is -0.648. The smallest absolute Gasteiger partial charge is 0.276 e. The predicted molar refractivity (Wildman–Crippen MR) is 66.5 cm³/mol.